The van der Waals surface area contributed by atoms with Crippen molar-refractivity contribution < 1.29 is 14.3 Å². The van der Waals surface area contributed by atoms with Crippen molar-refractivity contribution in [1.29, 1.82) is 0 Å². The minimum absolute atomic E-state index is 0.372. The molecule has 0 saturated heterocycles. The molecule has 0 unspecified atom stereocenters. The van der Waals surface area contributed by atoms with Crippen LogP contribution in [0.1, 0.15) is 21.6 Å². The van der Waals surface area contributed by atoms with Crippen molar-refractivity contribution in [3.8, 4) is 11.5 Å². The molecule has 21 heavy (non-hydrogen) atoms. The maximum absolute atomic E-state index is 11.8. The summed E-state index contributed by atoms with van der Waals surface area (Å²) in [5, 5.41) is 0. The van der Waals surface area contributed by atoms with Crippen LogP contribution in [-0.4, -0.2) is 18.1 Å². The Labute approximate surface area is 130 Å². The number of hydrogen-bond acceptors (Lipinski definition) is 4. The number of nitrogens with zero attached hydrogens (tertiary/aromatic N) is 1. The van der Waals surface area contributed by atoms with Crippen molar-refractivity contribution in [1.82, 2.24) is 4.98 Å². The van der Waals surface area contributed by atoms with E-state index in [1.807, 2.05) is 12.1 Å². The van der Waals surface area contributed by atoms with E-state index in [0.717, 1.165) is 22.2 Å². The highest BCUT2D eigenvalue weighted by Gasteiger charge is 2.15. The Kier molecular flexibility index (Phi) is 3.75. The van der Waals surface area contributed by atoms with Gasteiger partial charge in [-0.2, -0.15) is 0 Å². The highest BCUT2D eigenvalue weighted by Crippen LogP contribution is 2.30. The number of benzene rings is 1. The van der Waals surface area contributed by atoms with Gasteiger partial charge in [-0.15, -0.1) is 0 Å². The quantitative estimate of drug-likeness (QED) is 0.789. The number of rotatable bonds is 3. The van der Waals surface area contributed by atoms with E-state index >= 15 is 0 Å². The second-order valence-electron chi connectivity index (χ2n) is 4.55. The number of pyridine rings is 1. The molecule has 5 heteroatoms. The molecule has 1 aliphatic rings. The minimum atomic E-state index is -0.438. The lowest BCUT2D eigenvalue weighted by atomic mass is 10.2. The Morgan fingerprint density at radius 3 is 3.00 bits per heavy atom. The fourth-order valence-electron chi connectivity index (χ4n) is 2.14. The maximum Gasteiger partial charge on any atom is 0.341 e. The Morgan fingerprint density at radius 2 is 2.19 bits per heavy atom. The number of methoxy groups -OCH3 is 1. The van der Waals surface area contributed by atoms with E-state index in [1.165, 1.54) is 7.11 Å². The van der Waals surface area contributed by atoms with E-state index < -0.39 is 5.97 Å². The molecule has 106 valence electrons. The molecule has 0 atom stereocenters. The molecule has 0 aliphatic heterocycles. The molecular weight excluding hydrogens is 334 g/mol. The summed E-state index contributed by atoms with van der Waals surface area (Å²) in [6.45, 7) is 0. The normalized spacial score (nSPS) is 12.1. The predicted octanol–water partition coefficient (Wildman–Crippen LogP) is 3.99. The lowest BCUT2D eigenvalue weighted by Crippen LogP contribution is -2.04. The number of halogens is 1. The van der Waals surface area contributed by atoms with Gasteiger partial charge in [0.05, 0.1) is 19.0 Å². The van der Waals surface area contributed by atoms with Crippen LogP contribution >= 0.6 is 15.9 Å². The van der Waals surface area contributed by atoms with Gasteiger partial charge in [-0.1, -0.05) is 28.1 Å². The van der Waals surface area contributed by atoms with Gasteiger partial charge in [0.15, 0.2) is 0 Å². The first-order valence-electron chi connectivity index (χ1n) is 6.38. The lowest BCUT2D eigenvalue weighted by Gasteiger charge is -2.11. The highest BCUT2D eigenvalue weighted by atomic mass is 79.9. The van der Waals surface area contributed by atoms with Gasteiger partial charge in [0.2, 0.25) is 0 Å². The summed E-state index contributed by atoms with van der Waals surface area (Å²) >= 11 is 3.37. The number of ether oxygens (including phenoxy) is 2. The van der Waals surface area contributed by atoms with Crippen molar-refractivity contribution in [2.45, 2.75) is 6.42 Å². The minimum Gasteiger partial charge on any atom is -0.465 e. The summed E-state index contributed by atoms with van der Waals surface area (Å²) in [7, 11) is 1.34. The third kappa shape index (κ3) is 2.83. The van der Waals surface area contributed by atoms with Gasteiger partial charge in [0.1, 0.15) is 17.1 Å². The van der Waals surface area contributed by atoms with Gasteiger partial charge in [-0.05, 0) is 29.8 Å². The summed E-state index contributed by atoms with van der Waals surface area (Å²) < 4.78 is 11.4. The number of hydrogen-bond donors (Lipinski definition) is 0. The molecule has 4 nitrogen and oxygen atoms in total. The fourth-order valence-corrected chi connectivity index (χ4v) is 2.48. The van der Waals surface area contributed by atoms with E-state index in [1.54, 1.807) is 24.4 Å². The monoisotopic (exact) mass is 345 g/mol. The van der Waals surface area contributed by atoms with Crippen LogP contribution in [0.4, 0.5) is 0 Å². The zero-order valence-corrected chi connectivity index (χ0v) is 12.9. The maximum atomic E-state index is 11.8. The summed E-state index contributed by atoms with van der Waals surface area (Å²) in [4.78, 5) is 16.1. The summed E-state index contributed by atoms with van der Waals surface area (Å²) in [6, 6.07) is 7.07. The van der Waals surface area contributed by atoms with E-state index in [2.05, 4.69) is 27.0 Å². The number of esters is 1. The van der Waals surface area contributed by atoms with Gasteiger partial charge >= 0.3 is 5.97 Å². The molecule has 0 N–H and O–H groups in total. The largest absolute Gasteiger partial charge is 0.465 e. The van der Waals surface area contributed by atoms with Crippen LogP contribution in [0.3, 0.4) is 0 Å². The van der Waals surface area contributed by atoms with E-state index in [4.69, 9.17) is 9.47 Å². The number of fused-ring (bicyclic) bond motifs is 1. The van der Waals surface area contributed by atoms with Crippen molar-refractivity contribution in [3.05, 3.63) is 57.8 Å². The average molecular weight is 346 g/mol. The molecule has 0 bridgehead atoms. The number of carbonyl (C=O) groups excluding carboxylic acids is 1. The first-order valence-corrected chi connectivity index (χ1v) is 7.18. The summed E-state index contributed by atoms with van der Waals surface area (Å²) in [5.74, 6) is 0.579. The SMILES string of the molecule is COC(=O)c1ccc(Br)cc1Oc1cnc2c(c1)C=CC2. The molecule has 1 aromatic heterocycles. The molecule has 3 rings (SSSR count). The smallest absolute Gasteiger partial charge is 0.341 e. The molecule has 1 aromatic carbocycles. The highest BCUT2D eigenvalue weighted by molar-refractivity contribution is 9.10. The van der Waals surface area contributed by atoms with Gasteiger partial charge < -0.3 is 9.47 Å². The Morgan fingerprint density at radius 1 is 1.33 bits per heavy atom. The van der Waals surface area contributed by atoms with Crippen LogP contribution in [0.15, 0.2) is 41.0 Å². The zero-order valence-electron chi connectivity index (χ0n) is 11.3. The predicted molar refractivity (Wildman–Crippen MR) is 82.5 cm³/mol. The zero-order chi connectivity index (χ0) is 14.8. The van der Waals surface area contributed by atoms with Crippen LogP contribution in [0.25, 0.3) is 6.08 Å². The Bertz CT molecular complexity index is 740. The number of aromatic nitrogens is 1. The lowest BCUT2D eigenvalue weighted by molar-refractivity contribution is 0.0598. The van der Waals surface area contributed by atoms with Crippen molar-refractivity contribution >= 4 is 28.0 Å². The Hall–Kier alpha value is -2.14. The van der Waals surface area contributed by atoms with E-state index in [-0.39, 0.29) is 0 Å². The van der Waals surface area contributed by atoms with Gasteiger partial charge in [0, 0.05) is 10.9 Å². The molecule has 0 fully saturated rings. The molecule has 1 aliphatic carbocycles. The van der Waals surface area contributed by atoms with Crippen LogP contribution < -0.4 is 4.74 Å². The second-order valence-corrected chi connectivity index (χ2v) is 5.46. The molecule has 1 heterocycles. The van der Waals surface area contributed by atoms with Gasteiger partial charge in [-0.3, -0.25) is 4.98 Å². The molecule has 0 amide bonds. The van der Waals surface area contributed by atoms with Gasteiger partial charge in [0.25, 0.3) is 0 Å². The topological polar surface area (TPSA) is 48.4 Å². The standard InChI is InChI=1S/C16H12BrNO3/c1-20-16(19)13-6-5-11(17)8-15(13)21-12-7-10-3-2-4-14(10)18-9-12/h2-3,5-9H,4H2,1H3. The van der Waals surface area contributed by atoms with Crippen LogP contribution in [0.2, 0.25) is 0 Å². The second kappa shape index (κ2) is 5.69. The third-order valence-electron chi connectivity index (χ3n) is 3.16. The molecule has 2 aromatic rings. The molecular formula is C16H12BrNO3. The molecule has 0 radical (unpaired) electrons. The van der Waals surface area contributed by atoms with Crippen LogP contribution in [-0.2, 0) is 11.2 Å². The van der Waals surface area contributed by atoms with Crippen molar-refractivity contribution in [3.63, 3.8) is 0 Å². The number of allylic oxidation sites excluding steroid dienone is 1. The van der Waals surface area contributed by atoms with E-state index in [9.17, 15) is 4.79 Å². The average Bonchev–Trinajstić information content (AvgIpc) is 2.94. The molecule has 0 saturated carbocycles. The van der Waals surface area contributed by atoms with Crippen LogP contribution in [0.5, 0.6) is 11.5 Å². The third-order valence-corrected chi connectivity index (χ3v) is 3.66. The van der Waals surface area contributed by atoms with Crippen molar-refractivity contribution in [2.24, 2.45) is 0 Å². The fraction of sp³-hybridized carbons (Fsp3) is 0.125. The first kappa shape index (κ1) is 13.8. The summed E-state index contributed by atoms with van der Waals surface area (Å²) in [5.41, 5.74) is 2.45. The number of carbonyl (C=O) groups is 1. The Balaban J connectivity index is 1.95. The first-order chi connectivity index (χ1) is 10.2. The van der Waals surface area contributed by atoms with Crippen molar-refractivity contribution in [2.75, 3.05) is 7.11 Å². The van der Waals surface area contributed by atoms with Crippen LogP contribution in [0, 0.1) is 0 Å². The van der Waals surface area contributed by atoms with E-state index in [0.29, 0.717) is 17.1 Å². The van der Waals surface area contributed by atoms with Gasteiger partial charge in [-0.25, -0.2) is 4.79 Å². The molecule has 0 spiro atoms. The summed E-state index contributed by atoms with van der Waals surface area (Å²) in [6.07, 6.45) is 6.57.